The predicted octanol–water partition coefficient (Wildman–Crippen LogP) is 0.934. The van der Waals surface area contributed by atoms with E-state index in [0.29, 0.717) is 18.4 Å². The maximum absolute atomic E-state index is 13.7. The summed E-state index contributed by atoms with van der Waals surface area (Å²) in [6.45, 7) is 0.177. The Morgan fingerprint density at radius 2 is 2.25 bits per heavy atom. The molecule has 0 bridgehead atoms. The molecule has 1 atom stereocenters. The Morgan fingerprint density at radius 1 is 1.50 bits per heavy atom. The molecule has 6 heteroatoms. The normalized spacial score (nSPS) is 19.1. The lowest BCUT2D eigenvalue weighted by molar-refractivity contribution is -0.148. The Morgan fingerprint density at radius 3 is 2.90 bits per heavy atom. The van der Waals surface area contributed by atoms with Gasteiger partial charge in [0.2, 0.25) is 11.8 Å². The van der Waals surface area contributed by atoms with Crippen molar-refractivity contribution in [2.24, 2.45) is 0 Å². The number of benzene rings is 1. The van der Waals surface area contributed by atoms with Crippen molar-refractivity contribution in [3.8, 4) is 6.07 Å². The number of halogens is 1. The van der Waals surface area contributed by atoms with Crippen molar-refractivity contribution in [1.29, 1.82) is 5.26 Å². The van der Waals surface area contributed by atoms with Crippen molar-refractivity contribution in [3.05, 3.63) is 35.1 Å². The van der Waals surface area contributed by atoms with Crippen LogP contribution in [0.25, 0.3) is 0 Å². The lowest BCUT2D eigenvalue weighted by atomic mass is 10.0. The average Bonchev–Trinajstić information content (AvgIpc) is 2.45. The summed E-state index contributed by atoms with van der Waals surface area (Å²) in [5.74, 6) is -0.975. The van der Waals surface area contributed by atoms with E-state index in [4.69, 9.17) is 5.26 Å². The van der Waals surface area contributed by atoms with Crippen LogP contribution in [0, 0.1) is 17.1 Å². The van der Waals surface area contributed by atoms with Crippen LogP contribution in [0.3, 0.4) is 0 Å². The second-order valence-electron chi connectivity index (χ2n) is 4.68. The number of rotatable bonds is 3. The highest BCUT2D eigenvalue weighted by Gasteiger charge is 2.31. The Hall–Kier alpha value is -2.26. The summed E-state index contributed by atoms with van der Waals surface area (Å²) in [6.07, 6.45) is 0.718. The summed E-state index contributed by atoms with van der Waals surface area (Å²) in [7, 11) is 1.45. The third-order valence-electron chi connectivity index (χ3n) is 3.37. The van der Waals surface area contributed by atoms with E-state index in [1.807, 2.05) is 6.07 Å². The molecule has 0 aliphatic carbocycles. The van der Waals surface area contributed by atoms with Gasteiger partial charge in [-0.1, -0.05) is 6.07 Å². The number of hydrogen-bond donors (Lipinski definition) is 1. The van der Waals surface area contributed by atoms with Gasteiger partial charge in [0.1, 0.15) is 5.82 Å². The van der Waals surface area contributed by atoms with Crippen LogP contribution in [0.15, 0.2) is 18.2 Å². The fourth-order valence-corrected chi connectivity index (χ4v) is 2.10. The largest absolute Gasteiger partial charge is 0.302 e. The number of likely N-dealkylation sites (N-methyl/N-ethyl adjacent to an activating group) is 1. The molecule has 2 rings (SSSR count). The van der Waals surface area contributed by atoms with Gasteiger partial charge in [-0.3, -0.25) is 14.5 Å². The Labute approximate surface area is 116 Å². The van der Waals surface area contributed by atoms with Gasteiger partial charge in [0.25, 0.3) is 0 Å². The number of nitrogens with one attached hydrogen (secondary N) is 1. The molecular weight excluding hydrogens is 261 g/mol. The molecule has 5 nitrogen and oxygen atoms in total. The third-order valence-corrected chi connectivity index (χ3v) is 3.37. The van der Waals surface area contributed by atoms with E-state index >= 15 is 0 Å². The molecular formula is C14H14FN3O2. The molecule has 1 aliphatic rings. The van der Waals surface area contributed by atoms with Gasteiger partial charge in [-0.25, -0.2) is 4.39 Å². The second kappa shape index (κ2) is 5.80. The van der Waals surface area contributed by atoms with E-state index in [1.54, 1.807) is 0 Å². The first-order valence-corrected chi connectivity index (χ1v) is 6.25. The molecule has 0 saturated carbocycles. The molecule has 104 valence electrons. The average molecular weight is 275 g/mol. The van der Waals surface area contributed by atoms with Crippen LogP contribution >= 0.6 is 0 Å². The smallest absolute Gasteiger partial charge is 0.246 e. The number of likely N-dealkylation sites (tertiary alicyclic amines) is 1. The quantitative estimate of drug-likeness (QED) is 0.833. The number of nitriles is 1. The van der Waals surface area contributed by atoms with E-state index < -0.39 is 11.9 Å². The fraction of sp³-hybridized carbons (Fsp3) is 0.357. The first-order chi connectivity index (χ1) is 9.52. The number of piperidine rings is 1. The van der Waals surface area contributed by atoms with Gasteiger partial charge >= 0.3 is 0 Å². The molecule has 20 heavy (non-hydrogen) atoms. The molecule has 0 aromatic heterocycles. The highest BCUT2D eigenvalue weighted by atomic mass is 19.1. The van der Waals surface area contributed by atoms with E-state index in [2.05, 4.69) is 5.32 Å². The van der Waals surface area contributed by atoms with Crippen molar-refractivity contribution >= 4 is 11.8 Å². The summed E-state index contributed by atoms with van der Waals surface area (Å²) >= 11 is 0. The molecule has 1 saturated heterocycles. The molecule has 1 unspecified atom stereocenters. The van der Waals surface area contributed by atoms with Gasteiger partial charge in [-0.15, -0.1) is 0 Å². The SMILES string of the molecule is CN1C(=O)CCC(NCc2ccc(C#N)cc2F)C1=O. The lowest BCUT2D eigenvalue weighted by Gasteiger charge is -2.28. The Balaban J connectivity index is 2.01. The highest BCUT2D eigenvalue weighted by molar-refractivity contribution is 6.00. The van der Waals surface area contributed by atoms with Gasteiger partial charge < -0.3 is 5.32 Å². The molecule has 1 aliphatic heterocycles. The minimum absolute atomic E-state index is 0.177. The zero-order valence-electron chi connectivity index (χ0n) is 11.0. The molecule has 1 N–H and O–H groups in total. The highest BCUT2D eigenvalue weighted by Crippen LogP contribution is 2.14. The molecule has 2 amide bonds. The Kier molecular flexibility index (Phi) is 4.11. The summed E-state index contributed by atoms with van der Waals surface area (Å²) in [4.78, 5) is 24.3. The number of nitrogens with zero attached hydrogens (tertiary/aromatic N) is 2. The fourth-order valence-electron chi connectivity index (χ4n) is 2.10. The maximum Gasteiger partial charge on any atom is 0.246 e. The number of carbonyl (C=O) groups excluding carboxylic acids is 2. The molecule has 0 radical (unpaired) electrons. The molecule has 1 fully saturated rings. The Bertz CT molecular complexity index is 595. The van der Waals surface area contributed by atoms with Gasteiger partial charge in [0.15, 0.2) is 0 Å². The summed E-state index contributed by atoms with van der Waals surface area (Å²) in [5.41, 5.74) is 0.640. The number of imide groups is 1. The van der Waals surface area contributed by atoms with Crippen LogP contribution in [-0.4, -0.2) is 29.8 Å². The molecule has 1 aromatic rings. The van der Waals surface area contributed by atoms with Crippen molar-refractivity contribution in [2.75, 3.05) is 7.05 Å². The van der Waals surface area contributed by atoms with Crippen LogP contribution < -0.4 is 5.32 Å². The summed E-state index contributed by atoms with van der Waals surface area (Å²) in [5, 5.41) is 11.6. The molecule has 1 heterocycles. The van der Waals surface area contributed by atoms with Crippen molar-refractivity contribution in [2.45, 2.75) is 25.4 Å². The van der Waals surface area contributed by atoms with Crippen LogP contribution in [0.4, 0.5) is 4.39 Å². The number of hydrogen-bond acceptors (Lipinski definition) is 4. The predicted molar refractivity (Wildman–Crippen MR) is 68.8 cm³/mol. The first kappa shape index (κ1) is 14.2. The van der Waals surface area contributed by atoms with Crippen LogP contribution in [0.2, 0.25) is 0 Å². The zero-order valence-corrected chi connectivity index (χ0v) is 11.0. The molecule has 1 aromatic carbocycles. The van der Waals surface area contributed by atoms with E-state index in [9.17, 15) is 14.0 Å². The van der Waals surface area contributed by atoms with Gasteiger partial charge in [-0.05, 0) is 18.6 Å². The minimum Gasteiger partial charge on any atom is -0.302 e. The second-order valence-corrected chi connectivity index (χ2v) is 4.68. The van der Waals surface area contributed by atoms with E-state index in [0.717, 1.165) is 11.0 Å². The lowest BCUT2D eigenvalue weighted by Crippen LogP contribution is -2.51. The van der Waals surface area contributed by atoms with E-state index in [-0.39, 0.29) is 23.9 Å². The maximum atomic E-state index is 13.7. The minimum atomic E-state index is -0.482. The van der Waals surface area contributed by atoms with E-state index in [1.165, 1.54) is 19.2 Å². The number of amides is 2. The first-order valence-electron chi connectivity index (χ1n) is 6.25. The van der Waals surface area contributed by atoms with Crippen molar-refractivity contribution in [1.82, 2.24) is 10.2 Å². The zero-order chi connectivity index (χ0) is 14.7. The monoisotopic (exact) mass is 275 g/mol. The van der Waals surface area contributed by atoms with Gasteiger partial charge in [-0.2, -0.15) is 5.26 Å². The van der Waals surface area contributed by atoms with Gasteiger partial charge in [0, 0.05) is 25.6 Å². The van der Waals surface area contributed by atoms with Crippen LogP contribution in [0.1, 0.15) is 24.0 Å². The topological polar surface area (TPSA) is 73.2 Å². The van der Waals surface area contributed by atoms with Crippen LogP contribution in [0.5, 0.6) is 0 Å². The third kappa shape index (κ3) is 2.83. The van der Waals surface area contributed by atoms with Crippen molar-refractivity contribution < 1.29 is 14.0 Å². The molecule has 0 spiro atoms. The van der Waals surface area contributed by atoms with Gasteiger partial charge in [0.05, 0.1) is 17.7 Å². The summed E-state index contributed by atoms with van der Waals surface area (Å²) in [6, 6.07) is 5.59. The standard InChI is InChI=1S/C14H14FN3O2/c1-18-13(19)5-4-12(14(18)20)17-8-10-3-2-9(7-16)6-11(10)15/h2-3,6,12,17H,4-5,8H2,1H3. The number of carbonyl (C=O) groups is 2. The van der Waals surface area contributed by atoms with Crippen molar-refractivity contribution in [3.63, 3.8) is 0 Å². The van der Waals surface area contributed by atoms with Crippen LogP contribution in [-0.2, 0) is 16.1 Å². The summed E-state index contributed by atoms with van der Waals surface area (Å²) < 4.78 is 13.7.